The van der Waals surface area contributed by atoms with Crippen LogP contribution in [0.15, 0.2) is 36.5 Å². The van der Waals surface area contributed by atoms with E-state index in [1.165, 1.54) is 6.26 Å². The Morgan fingerprint density at radius 2 is 1.62 bits per heavy atom. The average molecular weight is 484 g/mol. The van der Waals surface area contributed by atoms with Gasteiger partial charge in [-0.15, -0.1) is 5.10 Å². The van der Waals surface area contributed by atoms with E-state index in [2.05, 4.69) is 30.3 Å². The van der Waals surface area contributed by atoms with Crippen molar-refractivity contribution in [1.29, 1.82) is 0 Å². The van der Waals surface area contributed by atoms with Crippen molar-refractivity contribution >= 4 is 37.1 Å². The monoisotopic (exact) mass is 483 g/mol. The molecular weight excluding hydrogens is 458 g/mol. The SMILES string of the molecule is CS(=O)(=O)NC1CCC(Nc2nccc(-n3nnc4ccccc43)n2)CC1.CS(=O)(=O)O. The largest absolute Gasteiger partial charge is 0.351 e. The third-order valence-corrected chi connectivity index (χ3v) is 5.41. The van der Waals surface area contributed by atoms with E-state index in [0.29, 0.717) is 18.0 Å². The molecule has 32 heavy (non-hydrogen) atoms. The summed E-state index contributed by atoms with van der Waals surface area (Å²) < 4.78 is 52.9. The molecule has 0 amide bonds. The molecule has 1 aliphatic carbocycles. The van der Waals surface area contributed by atoms with Crippen LogP contribution in [0.5, 0.6) is 0 Å². The second-order valence-electron chi connectivity index (χ2n) is 7.54. The third-order valence-electron chi connectivity index (χ3n) is 4.65. The van der Waals surface area contributed by atoms with Crippen LogP contribution in [0.3, 0.4) is 0 Å². The number of anilines is 1. The number of hydrogen-bond donors (Lipinski definition) is 3. The quantitative estimate of drug-likeness (QED) is 0.445. The van der Waals surface area contributed by atoms with Crippen molar-refractivity contribution in [1.82, 2.24) is 29.7 Å². The van der Waals surface area contributed by atoms with Gasteiger partial charge in [-0.05, 0) is 37.8 Å². The molecule has 2 heterocycles. The maximum absolute atomic E-state index is 11.4. The highest BCUT2D eigenvalue weighted by Crippen LogP contribution is 2.22. The normalized spacial score (nSPS) is 19.2. The summed E-state index contributed by atoms with van der Waals surface area (Å²) in [5.41, 5.74) is 1.69. The fourth-order valence-corrected chi connectivity index (χ4v) is 4.26. The van der Waals surface area contributed by atoms with Crippen molar-refractivity contribution in [2.24, 2.45) is 0 Å². The molecule has 3 aromatic rings. The van der Waals surface area contributed by atoms with Crippen LogP contribution in [0.4, 0.5) is 5.95 Å². The smallest absolute Gasteiger partial charge is 0.261 e. The molecule has 4 rings (SSSR count). The van der Waals surface area contributed by atoms with Gasteiger partial charge in [0, 0.05) is 24.3 Å². The van der Waals surface area contributed by atoms with E-state index in [1.807, 2.05) is 24.3 Å². The van der Waals surface area contributed by atoms with Crippen molar-refractivity contribution in [2.75, 3.05) is 17.8 Å². The molecule has 0 atom stereocenters. The van der Waals surface area contributed by atoms with Gasteiger partial charge in [0.2, 0.25) is 16.0 Å². The first-order valence-corrected chi connectivity index (χ1v) is 13.5. The summed E-state index contributed by atoms with van der Waals surface area (Å²) in [5, 5.41) is 11.7. The average Bonchev–Trinajstić information content (AvgIpc) is 3.12. The van der Waals surface area contributed by atoms with Crippen LogP contribution >= 0.6 is 0 Å². The predicted molar refractivity (Wildman–Crippen MR) is 120 cm³/mol. The van der Waals surface area contributed by atoms with E-state index in [0.717, 1.165) is 36.7 Å². The Bertz CT molecular complexity index is 1260. The molecule has 0 spiro atoms. The van der Waals surface area contributed by atoms with Crippen LogP contribution in [-0.2, 0) is 20.1 Å². The van der Waals surface area contributed by atoms with Crippen LogP contribution in [-0.4, -0.2) is 70.9 Å². The van der Waals surface area contributed by atoms with E-state index in [-0.39, 0.29) is 12.1 Å². The lowest BCUT2D eigenvalue weighted by atomic mass is 9.92. The first-order valence-electron chi connectivity index (χ1n) is 9.78. The van der Waals surface area contributed by atoms with Gasteiger partial charge in [0.15, 0.2) is 5.82 Å². The fraction of sp³-hybridized carbons (Fsp3) is 0.444. The Hall–Kier alpha value is -2.68. The van der Waals surface area contributed by atoms with Gasteiger partial charge < -0.3 is 5.32 Å². The minimum absolute atomic E-state index is 0.00631. The first-order chi connectivity index (χ1) is 15.0. The number of nitrogens with zero attached hydrogens (tertiary/aromatic N) is 5. The highest BCUT2D eigenvalue weighted by Gasteiger charge is 2.23. The Kier molecular flexibility index (Phi) is 7.38. The highest BCUT2D eigenvalue weighted by atomic mass is 32.2. The van der Waals surface area contributed by atoms with Gasteiger partial charge in [0.1, 0.15) is 5.52 Å². The van der Waals surface area contributed by atoms with E-state index in [1.54, 1.807) is 16.9 Å². The second-order valence-corrected chi connectivity index (χ2v) is 10.8. The zero-order valence-corrected chi connectivity index (χ0v) is 19.2. The molecule has 0 bridgehead atoms. The van der Waals surface area contributed by atoms with E-state index >= 15 is 0 Å². The number of sulfonamides is 1. The van der Waals surface area contributed by atoms with Gasteiger partial charge in [-0.25, -0.2) is 18.1 Å². The lowest BCUT2D eigenvalue weighted by Gasteiger charge is -2.29. The number of para-hydroxylation sites is 1. The number of aromatic nitrogens is 5. The van der Waals surface area contributed by atoms with E-state index in [4.69, 9.17) is 4.55 Å². The summed E-state index contributed by atoms with van der Waals surface area (Å²) >= 11 is 0. The highest BCUT2D eigenvalue weighted by molar-refractivity contribution is 7.88. The molecule has 3 N–H and O–H groups in total. The molecule has 0 saturated heterocycles. The van der Waals surface area contributed by atoms with Gasteiger partial charge in [-0.3, -0.25) is 4.55 Å². The van der Waals surface area contributed by atoms with E-state index in [9.17, 15) is 16.8 Å². The molecule has 0 aliphatic heterocycles. The Balaban J connectivity index is 0.000000523. The summed E-state index contributed by atoms with van der Waals surface area (Å²) in [5.74, 6) is 1.18. The van der Waals surface area contributed by atoms with Gasteiger partial charge in [0.05, 0.1) is 18.0 Å². The standard InChI is InChI=1S/C17H21N7O2S.CH4O3S/c1-27(25,26)22-13-8-6-12(7-9-13)19-17-18-11-10-16(20-17)24-15-5-3-2-4-14(15)21-23-24;1-5(2,3)4/h2-5,10-13,22H,6-9H2,1H3,(H,18,19,20);1H3,(H,2,3,4). The van der Waals surface area contributed by atoms with Crippen molar-refractivity contribution in [3.63, 3.8) is 0 Å². The molecule has 0 unspecified atom stereocenters. The maximum Gasteiger partial charge on any atom is 0.261 e. The zero-order chi connectivity index (χ0) is 23.4. The fourth-order valence-electron chi connectivity index (χ4n) is 3.42. The summed E-state index contributed by atoms with van der Waals surface area (Å²) in [6, 6.07) is 9.72. The third kappa shape index (κ3) is 7.47. The molecule has 1 aromatic carbocycles. The Morgan fingerprint density at radius 3 is 2.28 bits per heavy atom. The van der Waals surface area contributed by atoms with Crippen LogP contribution in [0.2, 0.25) is 0 Å². The minimum atomic E-state index is -3.67. The zero-order valence-electron chi connectivity index (χ0n) is 17.6. The summed E-state index contributed by atoms with van der Waals surface area (Å²) in [6.07, 6.45) is 6.89. The molecule has 12 nitrogen and oxygen atoms in total. The lowest BCUT2D eigenvalue weighted by molar-refractivity contribution is 0.387. The van der Waals surface area contributed by atoms with Crippen molar-refractivity contribution < 1.29 is 21.4 Å². The van der Waals surface area contributed by atoms with Gasteiger partial charge in [0.25, 0.3) is 10.1 Å². The summed E-state index contributed by atoms with van der Waals surface area (Å²) in [6.45, 7) is 0. The molecule has 0 radical (unpaired) electrons. The van der Waals surface area contributed by atoms with Gasteiger partial charge in [-0.1, -0.05) is 17.3 Å². The van der Waals surface area contributed by atoms with Crippen molar-refractivity contribution in [2.45, 2.75) is 37.8 Å². The predicted octanol–water partition coefficient (Wildman–Crippen LogP) is 0.987. The van der Waals surface area contributed by atoms with Crippen LogP contribution in [0.1, 0.15) is 25.7 Å². The Labute approximate surface area is 186 Å². The van der Waals surface area contributed by atoms with Gasteiger partial charge in [-0.2, -0.15) is 18.1 Å². The number of rotatable bonds is 5. The topological polar surface area (TPSA) is 169 Å². The molecule has 1 saturated carbocycles. The van der Waals surface area contributed by atoms with Gasteiger partial charge >= 0.3 is 0 Å². The Morgan fingerprint density at radius 1 is 1.00 bits per heavy atom. The molecule has 1 fully saturated rings. The number of hydrogen-bond acceptors (Lipinski definition) is 9. The summed E-state index contributed by atoms with van der Waals surface area (Å²) in [7, 11) is -6.83. The van der Waals surface area contributed by atoms with E-state index < -0.39 is 20.1 Å². The van der Waals surface area contributed by atoms with Crippen molar-refractivity contribution in [3.05, 3.63) is 36.5 Å². The van der Waals surface area contributed by atoms with Crippen LogP contribution in [0.25, 0.3) is 16.9 Å². The van der Waals surface area contributed by atoms with Crippen LogP contribution in [0, 0.1) is 0 Å². The lowest BCUT2D eigenvalue weighted by Crippen LogP contribution is -2.39. The molecular formula is C18H25N7O5S2. The van der Waals surface area contributed by atoms with Crippen molar-refractivity contribution in [3.8, 4) is 5.82 Å². The number of nitrogens with one attached hydrogen (secondary N) is 2. The maximum atomic E-state index is 11.4. The first kappa shape index (κ1) is 24.0. The summed E-state index contributed by atoms with van der Waals surface area (Å²) in [4.78, 5) is 8.87. The van der Waals surface area contributed by atoms with Crippen LogP contribution < -0.4 is 10.0 Å². The molecule has 14 heteroatoms. The second kappa shape index (κ2) is 9.85. The molecule has 1 aliphatic rings. The minimum Gasteiger partial charge on any atom is -0.351 e. The number of benzene rings is 1. The molecule has 2 aromatic heterocycles. The number of fused-ring (bicyclic) bond motifs is 1. The molecule has 174 valence electrons.